The largest absolute Gasteiger partial charge is 0.420 e. The van der Waals surface area contributed by atoms with Crippen molar-refractivity contribution in [2.75, 3.05) is 0 Å². The highest BCUT2D eigenvalue weighted by atomic mass is 32.2. The molecule has 2 rings (SSSR count). The van der Waals surface area contributed by atoms with Gasteiger partial charge in [0.05, 0.1) is 10.3 Å². The van der Waals surface area contributed by atoms with Crippen LogP contribution in [0.4, 0.5) is 22.0 Å². The van der Waals surface area contributed by atoms with Crippen LogP contribution in [0.2, 0.25) is 0 Å². The number of carbonyl (C=O) groups is 1. The van der Waals surface area contributed by atoms with Crippen LogP contribution >= 0.6 is 24.0 Å². The minimum Gasteiger partial charge on any atom is -0.420 e. The normalized spacial score (nSPS) is 12.7. The van der Waals surface area contributed by atoms with Crippen LogP contribution in [0.1, 0.15) is 25.3 Å². The first-order valence-electron chi connectivity index (χ1n) is 8.01. The predicted octanol–water partition coefficient (Wildman–Crippen LogP) is 5.46. The molecule has 0 bridgehead atoms. The fourth-order valence-electron chi connectivity index (χ4n) is 2.15. The predicted molar refractivity (Wildman–Crippen MR) is 101 cm³/mol. The van der Waals surface area contributed by atoms with Gasteiger partial charge in [0.2, 0.25) is 34.8 Å². The molecular formula is C19H12F5NO2S2. The second-order valence-corrected chi connectivity index (χ2v) is 8.15. The molecule has 0 aromatic heterocycles. The molecule has 3 nitrogen and oxygen atoms in total. The standard InChI is InChI=1S/C19H12F5NO2S2/c1-19(9-25,29-18(28)10-5-3-2-4-6-10)8-7-11(26)27-17-15(23)13(21)12(20)14(22)16(17)24/h2-6H,7-8H2,1H3. The molecule has 0 amide bonds. The van der Waals surface area contributed by atoms with Crippen molar-refractivity contribution in [1.29, 1.82) is 5.26 Å². The van der Waals surface area contributed by atoms with Gasteiger partial charge in [-0.2, -0.15) is 14.0 Å². The Labute approximate surface area is 172 Å². The quantitative estimate of drug-likeness (QED) is 0.148. The lowest BCUT2D eigenvalue weighted by Crippen LogP contribution is -2.23. The zero-order valence-corrected chi connectivity index (χ0v) is 16.4. The number of thioether (sulfide) groups is 1. The van der Waals surface area contributed by atoms with Crippen LogP contribution in [-0.2, 0) is 4.79 Å². The van der Waals surface area contributed by atoms with E-state index >= 15 is 0 Å². The molecule has 29 heavy (non-hydrogen) atoms. The highest BCUT2D eigenvalue weighted by Gasteiger charge is 2.31. The van der Waals surface area contributed by atoms with Crippen molar-refractivity contribution < 1.29 is 31.5 Å². The lowest BCUT2D eigenvalue weighted by molar-refractivity contribution is -0.135. The van der Waals surface area contributed by atoms with Gasteiger partial charge in [0.25, 0.3) is 0 Å². The molecule has 0 aliphatic carbocycles. The van der Waals surface area contributed by atoms with E-state index in [4.69, 9.17) is 12.2 Å². The summed E-state index contributed by atoms with van der Waals surface area (Å²) >= 11 is 6.28. The van der Waals surface area contributed by atoms with Crippen LogP contribution in [-0.4, -0.2) is 14.9 Å². The minimum absolute atomic E-state index is 0.143. The van der Waals surface area contributed by atoms with Gasteiger partial charge >= 0.3 is 5.97 Å². The van der Waals surface area contributed by atoms with Crippen molar-refractivity contribution in [2.24, 2.45) is 0 Å². The molecule has 2 aromatic rings. The summed E-state index contributed by atoms with van der Waals surface area (Å²) in [7, 11) is 0. The second-order valence-electron chi connectivity index (χ2n) is 5.97. The van der Waals surface area contributed by atoms with Crippen molar-refractivity contribution >= 4 is 34.1 Å². The van der Waals surface area contributed by atoms with Gasteiger partial charge in [-0.3, -0.25) is 4.79 Å². The van der Waals surface area contributed by atoms with E-state index in [0.717, 1.165) is 11.8 Å². The number of halogens is 5. The second kappa shape index (κ2) is 9.33. The first kappa shape index (κ1) is 22.8. The fourth-order valence-corrected chi connectivity index (χ4v) is 3.75. The van der Waals surface area contributed by atoms with Gasteiger partial charge in [0.1, 0.15) is 4.75 Å². The fraction of sp³-hybridized carbons (Fsp3) is 0.211. The van der Waals surface area contributed by atoms with E-state index in [9.17, 15) is 32.0 Å². The molecule has 0 saturated heterocycles. The number of esters is 1. The summed E-state index contributed by atoms with van der Waals surface area (Å²) in [4.78, 5) is 11.9. The molecule has 10 heteroatoms. The molecule has 152 valence electrons. The van der Waals surface area contributed by atoms with Gasteiger partial charge in [0.15, 0.2) is 0 Å². The van der Waals surface area contributed by atoms with Crippen LogP contribution in [0, 0.1) is 40.4 Å². The summed E-state index contributed by atoms with van der Waals surface area (Å²) in [6, 6.07) is 10.8. The number of thiocarbonyl (C=S) groups is 1. The Morgan fingerprint density at radius 1 is 1.07 bits per heavy atom. The van der Waals surface area contributed by atoms with Crippen molar-refractivity contribution in [3.8, 4) is 11.8 Å². The maximum atomic E-state index is 13.6. The molecule has 1 unspecified atom stereocenters. The zero-order chi connectivity index (χ0) is 21.8. The Balaban J connectivity index is 2.08. The van der Waals surface area contributed by atoms with Gasteiger partial charge < -0.3 is 4.74 Å². The van der Waals surface area contributed by atoms with Crippen molar-refractivity contribution in [3.05, 3.63) is 65.0 Å². The Kier molecular flexibility index (Phi) is 7.32. The zero-order valence-electron chi connectivity index (χ0n) is 14.8. The van der Waals surface area contributed by atoms with Crippen molar-refractivity contribution in [3.63, 3.8) is 0 Å². The van der Waals surface area contributed by atoms with Crippen LogP contribution in [0.25, 0.3) is 0 Å². The molecule has 0 aliphatic heterocycles. The molecule has 0 saturated carbocycles. The number of hydrogen-bond donors (Lipinski definition) is 0. The Hall–Kier alpha value is -2.51. The first-order valence-corrected chi connectivity index (χ1v) is 9.24. The third kappa shape index (κ3) is 5.31. The van der Waals surface area contributed by atoms with Crippen LogP contribution in [0.3, 0.4) is 0 Å². The van der Waals surface area contributed by atoms with Gasteiger partial charge in [0, 0.05) is 6.42 Å². The SMILES string of the molecule is CC(C#N)(CCC(=O)Oc1c(F)c(F)c(F)c(F)c1F)SC(=S)c1ccccc1. The Morgan fingerprint density at radius 3 is 2.10 bits per heavy atom. The topological polar surface area (TPSA) is 50.1 Å². The number of nitrogens with zero attached hydrogens (tertiary/aromatic N) is 1. The summed E-state index contributed by atoms with van der Waals surface area (Å²) in [5.41, 5.74) is 0.693. The summed E-state index contributed by atoms with van der Waals surface area (Å²) in [5.74, 6) is -14.3. The lowest BCUT2D eigenvalue weighted by Gasteiger charge is -2.21. The molecule has 0 radical (unpaired) electrons. The van der Waals surface area contributed by atoms with Gasteiger partial charge in [-0.25, -0.2) is 13.2 Å². The molecule has 2 aromatic carbocycles. The highest BCUT2D eigenvalue weighted by molar-refractivity contribution is 8.24. The van der Waals surface area contributed by atoms with E-state index < -0.39 is 52.0 Å². The number of ether oxygens (including phenoxy) is 1. The monoisotopic (exact) mass is 445 g/mol. The number of hydrogen-bond acceptors (Lipinski definition) is 5. The highest BCUT2D eigenvalue weighted by Crippen LogP contribution is 2.34. The third-order valence-corrected chi connectivity index (χ3v) is 5.41. The average Bonchev–Trinajstić information content (AvgIpc) is 2.73. The third-order valence-electron chi connectivity index (χ3n) is 3.76. The number of nitriles is 1. The Morgan fingerprint density at radius 2 is 1.59 bits per heavy atom. The first-order chi connectivity index (χ1) is 13.6. The summed E-state index contributed by atoms with van der Waals surface area (Å²) in [6.45, 7) is 1.50. The van der Waals surface area contributed by atoms with Crippen molar-refractivity contribution in [1.82, 2.24) is 0 Å². The van der Waals surface area contributed by atoms with E-state index in [-0.39, 0.29) is 6.42 Å². The van der Waals surface area contributed by atoms with Gasteiger partial charge in [-0.05, 0) is 18.9 Å². The van der Waals surface area contributed by atoms with Crippen LogP contribution < -0.4 is 4.74 Å². The number of rotatable bonds is 6. The van der Waals surface area contributed by atoms with E-state index in [0.29, 0.717) is 9.76 Å². The smallest absolute Gasteiger partial charge is 0.311 e. The number of benzene rings is 2. The summed E-state index contributed by atoms with van der Waals surface area (Å²) < 4.78 is 70.1. The maximum Gasteiger partial charge on any atom is 0.311 e. The molecule has 0 N–H and O–H groups in total. The Bertz CT molecular complexity index is 965. The van der Waals surface area contributed by atoms with Crippen LogP contribution in [0.15, 0.2) is 30.3 Å². The molecular weight excluding hydrogens is 433 g/mol. The molecule has 0 spiro atoms. The minimum atomic E-state index is -2.36. The molecule has 0 fully saturated rings. The van der Waals surface area contributed by atoms with E-state index in [1.807, 2.05) is 6.07 Å². The molecule has 0 aliphatic rings. The number of carbonyl (C=O) groups excluding carboxylic acids is 1. The summed E-state index contributed by atoms with van der Waals surface area (Å²) in [6.07, 6.45) is -0.663. The van der Waals surface area contributed by atoms with Crippen LogP contribution in [0.5, 0.6) is 5.75 Å². The average molecular weight is 445 g/mol. The van der Waals surface area contributed by atoms with Crippen molar-refractivity contribution in [2.45, 2.75) is 24.5 Å². The van der Waals surface area contributed by atoms with E-state index in [1.165, 1.54) is 6.92 Å². The lowest BCUT2D eigenvalue weighted by atomic mass is 10.1. The summed E-state index contributed by atoms with van der Waals surface area (Å²) in [5, 5.41) is 9.43. The molecule has 0 heterocycles. The molecule has 1 atom stereocenters. The van der Waals surface area contributed by atoms with Gasteiger partial charge in [-0.15, -0.1) is 0 Å². The van der Waals surface area contributed by atoms with E-state index in [1.54, 1.807) is 30.3 Å². The van der Waals surface area contributed by atoms with Gasteiger partial charge in [-0.1, -0.05) is 54.3 Å². The van der Waals surface area contributed by atoms with E-state index in [2.05, 4.69) is 4.74 Å². The maximum absolute atomic E-state index is 13.6.